The van der Waals surface area contributed by atoms with Gasteiger partial charge in [0.05, 0.1) is 16.1 Å². The molecule has 10 nitrogen and oxygen atoms in total. The van der Waals surface area contributed by atoms with Gasteiger partial charge in [-0.15, -0.1) is 11.7 Å². The minimum atomic E-state index is -0.281. The molecule has 254 valence electrons. The zero-order valence-electron chi connectivity index (χ0n) is 28.3. The first-order valence-corrected chi connectivity index (χ1v) is 17.3. The van der Waals surface area contributed by atoms with Crippen LogP contribution in [0.5, 0.6) is 0 Å². The Kier molecular flexibility index (Phi) is 13.4. The lowest BCUT2D eigenvalue weighted by Gasteiger charge is -2.38. The Bertz CT molecular complexity index is 1490. The van der Waals surface area contributed by atoms with Gasteiger partial charge in [0.1, 0.15) is 11.2 Å². The number of amides is 1. The van der Waals surface area contributed by atoms with Crippen LogP contribution in [0.2, 0.25) is 0 Å². The van der Waals surface area contributed by atoms with Crippen molar-refractivity contribution in [2.45, 2.75) is 103 Å². The first-order chi connectivity index (χ1) is 22.8. The SMILES string of the molecule is C=CNCC(CCCC(CC)CC(=C)C)Nc1c(CCC2(CCNC=O)CCCCC2)cc(-n2nnc3ccccc32)cc1[N+](=O)[O-]. The Balaban J connectivity index is 1.71. The van der Waals surface area contributed by atoms with Crippen LogP contribution in [0.25, 0.3) is 16.7 Å². The molecule has 1 fully saturated rings. The van der Waals surface area contributed by atoms with E-state index in [2.05, 4.69) is 59.3 Å². The number of carbonyl (C=O) groups is 1. The average Bonchev–Trinajstić information content (AvgIpc) is 3.50. The molecule has 1 aliphatic rings. The number of carbonyl (C=O) groups excluding carboxylic acids is 1. The standard InChI is InChI=1S/C37H53N7O3/c1-5-29(23-28(3)4)13-12-14-31(26-38-6-2)40-36-30(17-20-37(21-22-39-27-45)18-10-7-11-19-37)24-32(25-35(36)44(46)47)43-34-16-9-8-15-33(34)41-42-43/h6,8-9,15-16,24-25,27,29,31,38,40H,2-3,5,7,10-14,17-23,26H2,1,4H3,(H,39,45). The topological polar surface area (TPSA) is 127 Å². The highest BCUT2D eigenvalue weighted by Gasteiger charge is 2.33. The molecule has 0 saturated heterocycles. The van der Waals surface area contributed by atoms with Crippen molar-refractivity contribution >= 4 is 28.8 Å². The van der Waals surface area contributed by atoms with E-state index in [1.807, 2.05) is 24.3 Å². The Hall–Kier alpha value is -4.21. The number of hydrogen-bond donors (Lipinski definition) is 3. The monoisotopic (exact) mass is 643 g/mol. The Morgan fingerprint density at radius 1 is 1.15 bits per heavy atom. The van der Waals surface area contributed by atoms with Crippen molar-refractivity contribution in [2.24, 2.45) is 11.3 Å². The van der Waals surface area contributed by atoms with Gasteiger partial charge in [-0.2, -0.15) is 0 Å². The molecule has 1 saturated carbocycles. The maximum atomic E-state index is 12.8. The van der Waals surface area contributed by atoms with Crippen LogP contribution in [0.1, 0.15) is 96.5 Å². The van der Waals surface area contributed by atoms with E-state index < -0.39 is 0 Å². The number of hydrogen-bond acceptors (Lipinski definition) is 7. The first kappa shape index (κ1) is 35.6. The fourth-order valence-electron chi connectivity index (χ4n) is 7.33. The molecule has 0 aliphatic heterocycles. The summed E-state index contributed by atoms with van der Waals surface area (Å²) >= 11 is 0. The highest BCUT2D eigenvalue weighted by molar-refractivity contribution is 5.78. The van der Waals surface area contributed by atoms with Crippen LogP contribution in [0.3, 0.4) is 0 Å². The van der Waals surface area contributed by atoms with Crippen molar-refractivity contribution < 1.29 is 9.72 Å². The van der Waals surface area contributed by atoms with Gasteiger partial charge in [0.25, 0.3) is 5.69 Å². The van der Waals surface area contributed by atoms with Crippen LogP contribution in [0.4, 0.5) is 11.4 Å². The number of benzene rings is 2. The van der Waals surface area contributed by atoms with Crippen molar-refractivity contribution in [1.29, 1.82) is 0 Å². The number of anilines is 1. The summed E-state index contributed by atoms with van der Waals surface area (Å²) in [5.74, 6) is 0.586. The number of aromatic nitrogens is 3. The van der Waals surface area contributed by atoms with Crippen LogP contribution >= 0.6 is 0 Å². The second-order valence-corrected chi connectivity index (χ2v) is 13.4. The van der Waals surface area contributed by atoms with E-state index in [1.165, 1.54) is 12.0 Å². The maximum Gasteiger partial charge on any atom is 0.294 e. The number of fused-ring (bicyclic) bond motifs is 1. The average molecular weight is 644 g/mol. The third kappa shape index (κ3) is 9.89. The number of nitrogens with zero attached hydrogens (tertiary/aromatic N) is 4. The molecule has 1 heterocycles. The molecule has 3 aromatic rings. The van der Waals surface area contributed by atoms with Gasteiger partial charge >= 0.3 is 0 Å². The lowest BCUT2D eigenvalue weighted by atomic mass is 9.68. The van der Waals surface area contributed by atoms with Gasteiger partial charge in [-0.1, -0.05) is 74.9 Å². The lowest BCUT2D eigenvalue weighted by Crippen LogP contribution is -2.32. The molecule has 0 radical (unpaired) electrons. The number of nitro groups is 1. The quantitative estimate of drug-likeness (QED) is 0.0353. The summed E-state index contributed by atoms with van der Waals surface area (Å²) in [4.78, 5) is 23.6. The Morgan fingerprint density at radius 3 is 2.64 bits per heavy atom. The van der Waals surface area contributed by atoms with Crippen LogP contribution in [0.15, 0.2) is 61.3 Å². The first-order valence-electron chi connectivity index (χ1n) is 17.3. The molecule has 3 N–H and O–H groups in total. The van der Waals surface area contributed by atoms with Gasteiger partial charge in [0.2, 0.25) is 6.41 Å². The van der Waals surface area contributed by atoms with E-state index in [0.29, 0.717) is 36.8 Å². The molecular formula is C37H53N7O3. The summed E-state index contributed by atoms with van der Waals surface area (Å²) in [5.41, 5.74) is 4.95. The molecule has 2 atom stereocenters. The second-order valence-electron chi connectivity index (χ2n) is 13.4. The third-order valence-corrected chi connectivity index (χ3v) is 9.94. The van der Waals surface area contributed by atoms with Gasteiger partial charge in [-0.25, -0.2) is 4.68 Å². The van der Waals surface area contributed by atoms with Crippen LogP contribution in [-0.4, -0.2) is 45.5 Å². The van der Waals surface area contributed by atoms with Crippen molar-refractivity contribution in [3.63, 3.8) is 0 Å². The highest BCUT2D eigenvalue weighted by atomic mass is 16.6. The summed E-state index contributed by atoms with van der Waals surface area (Å²) in [7, 11) is 0. The van der Waals surface area contributed by atoms with Crippen LogP contribution in [-0.2, 0) is 11.2 Å². The van der Waals surface area contributed by atoms with Gasteiger partial charge in [-0.3, -0.25) is 14.9 Å². The van der Waals surface area contributed by atoms with Gasteiger partial charge in [0, 0.05) is 25.2 Å². The van der Waals surface area contributed by atoms with Gasteiger partial charge in [-0.05, 0) is 93.2 Å². The number of allylic oxidation sites excluding steroid dienone is 1. The number of para-hydroxylation sites is 1. The predicted molar refractivity (Wildman–Crippen MR) is 191 cm³/mol. The number of nitrogens with one attached hydrogen (secondary N) is 3. The summed E-state index contributed by atoms with van der Waals surface area (Å²) in [6.45, 7) is 13.5. The molecule has 0 spiro atoms. The lowest BCUT2D eigenvalue weighted by molar-refractivity contribution is -0.384. The smallest absolute Gasteiger partial charge is 0.294 e. The zero-order chi connectivity index (χ0) is 33.6. The molecule has 0 bridgehead atoms. The highest BCUT2D eigenvalue weighted by Crippen LogP contribution is 2.44. The maximum absolute atomic E-state index is 12.8. The number of nitro benzene ring substituents is 1. The molecule has 2 unspecified atom stereocenters. The largest absolute Gasteiger partial charge is 0.389 e. The molecule has 1 amide bonds. The fourth-order valence-corrected chi connectivity index (χ4v) is 7.33. The molecule has 1 aliphatic carbocycles. The van der Waals surface area contributed by atoms with Crippen molar-refractivity contribution in [1.82, 2.24) is 25.6 Å². The van der Waals surface area contributed by atoms with E-state index in [-0.39, 0.29) is 22.1 Å². The van der Waals surface area contributed by atoms with Crippen LogP contribution in [0, 0.1) is 21.4 Å². The molecule has 4 rings (SSSR count). The second kappa shape index (κ2) is 17.6. The Labute approximate surface area is 279 Å². The van der Waals surface area contributed by atoms with E-state index in [1.54, 1.807) is 16.9 Å². The van der Waals surface area contributed by atoms with Crippen molar-refractivity contribution in [2.75, 3.05) is 18.4 Å². The molecule has 47 heavy (non-hydrogen) atoms. The number of aryl methyl sites for hydroxylation is 1. The van der Waals surface area contributed by atoms with Gasteiger partial charge in [0.15, 0.2) is 0 Å². The normalized spacial score (nSPS) is 15.4. The van der Waals surface area contributed by atoms with Gasteiger partial charge < -0.3 is 16.0 Å². The van der Waals surface area contributed by atoms with E-state index >= 15 is 0 Å². The minimum Gasteiger partial charge on any atom is -0.389 e. The molecule has 2 aromatic carbocycles. The zero-order valence-corrected chi connectivity index (χ0v) is 28.3. The fraction of sp³-hybridized carbons (Fsp3) is 0.541. The van der Waals surface area contributed by atoms with Crippen molar-refractivity contribution in [3.05, 3.63) is 77.0 Å². The van der Waals surface area contributed by atoms with E-state index in [0.717, 1.165) is 93.6 Å². The molecule has 10 heteroatoms. The predicted octanol–water partition coefficient (Wildman–Crippen LogP) is 8.02. The summed E-state index contributed by atoms with van der Waals surface area (Å²) < 4.78 is 1.70. The summed E-state index contributed by atoms with van der Waals surface area (Å²) in [6.07, 6.45) is 15.7. The summed E-state index contributed by atoms with van der Waals surface area (Å²) in [5, 5.41) is 31.3. The third-order valence-electron chi connectivity index (χ3n) is 9.94. The summed E-state index contributed by atoms with van der Waals surface area (Å²) in [6, 6.07) is 11.3. The van der Waals surface area contributed by atoms with Crippen molar-refractivity contribution in [3.8, 4) is 5.69 Å². The number of rotatable bonds is 21. The molecule has 1 aromatic heterocycles. The van der Waals surface area contributed by atoms with Crippen LogP contribution < -0.4 is 16.0 Å². The Morgan fingerprint density at radius 2 is 1.94 bits per heavy atom. The minimum absolute atomic E-state index is 0.0359. The van der Waals surface area contributed by atoms with E-state index in [9.17, 15) is 14.9 Å². The molecular weight excluding hydrogens is 590 g/mol. The van der Waals surface area contributed by atoms with E-state index in [4.69, 9.17) is 0 Å².